The van der Waals surface area contributed by atoms with Crippen molar-refractivity contribution < 1.29 is 24.0 Å². The fourth-order valence-electron chi connectivity index (χ4n) is 2.29. The van der Waals surface area contributed by atoms with Gasteiger partial charge in [0.25, 0.3) is 11.6 Å². The van der Waals surface area contributed by atoms with Gasteiger partial charge in [-0.05, 0) is 13.0 Å². The predicted molar refractivity (Wildman–Crippen MR) is 92.3 cm³/mol. The van der Waals surface area contributed by atoms with Gasteiger partial charge in [-0.25, -0.2) is 5.48 Å². The van der Waals surface area contributed by atoms with E-state index in [4.69, 9.17) is 14.3 Å². The summed E-state index contributed by atoms with van der Waals surface area (Å²) >= 11 is 0. The Balaban J connectivity index is 2.42. The first kappa shape index (κ1) is 19.1. The van der Waals surface area contributed by atoms with Gasteiger partial charge >= 0.3 is 0 Å². The minimum Gasteiger partial charge on any atom is -0.497 e. The first-order valence-corrected chi connectivity index (χ1v) is 7.76. The van der Waals surface area contributed by atoms with Crippen LogP contribution in [0.1, 0.15) is 28.5 Å². The summed E-state index contributed by atoms with van der Waals surface area (Å²) < 4.78 is 10.5. The number of carbonyl (C=O) groups is 1. The molecule has 1 amide bonds. The highest BCUT2D eigenvalue weighted by Crippen LogP contribution is 2.27. The maximum Gasteiger partial charge on any atom is 0.288 e. The number of aromatic nitrogens is 1. The Bertz CT molecular complexity index is 809. The molecule has 0 saturated heterocycles. The van der Waals surface area contributed by atoms with Crippen molar-refractivity contribution in [2.75, 3.05) is 20.8 Å². The second kappa shape index (κ2) is 8.77. The number of hydroxylamine groups is 1. The molecule has 1 heterocycles. The minimum atomic E-state index is -0.609. The monoisotopic (exact) mass is 361 g/mol. The number of nitrogens with zero attached hydrogens (tertiary/aromatic N) is 2. The third-order valence-corrected chi connectivity index (χ3v) is 3.57. The molecule has 2 rings (SSSR count). The van der Waals surface area contributed by atoms with Crippen LogP contribution in [0.4, 0.5) is 5.69 Å². The molecule has 0 atom stereocenters. The molecule has 0 aliphatic rings. The lowest BCUT2D eigenvalue weighted by Crippen LogP contribution is -2.25. The van der Waals surface area contributed by atoms with E-state index >= 15 is 0 Å². The molecule has 26 heavy (non-hydrogen) atoms. The van der Waals surface area contributed by atoms with Gasteiger partial charge in [0, 0.05) is 24.1 Å². The highest BCUT2D eigenvalue weighted by Gasteiger charge is 2.20. The van der Waals surface area contributed by atoms with Gasteiger partial charge in [-0.15, -0.1) is 0 Å². The predicted octanol–water partition coefficient (Wildman–Crippen LogP) is 2.28. The van der Waals surface area contributed by atoms with Crippen LogP contribution < -0.4 is 15.0 Å². The fourth-order valence-corrected chi connectivity index (χ4v) is 2.29. The maximum absolute atomic E-state index is 12.3. The van der Waals surface area contributed by atoms with Crippen LogP contribution in [0.3, 0.4) is 0 Å². The summed E-state index contributed by atoms with van der Waals surface area (Å²) in [6.45, 7) is 1.96. The summed E-state index contributed by atoms with van der Waals surface area (Å²) in [6.07, 6.45) is 1.35. The van der Waals surface area contributed by atoms with Crippen molar-refractivity contribution in [1.29, 1.82) is 0 Å². The number of nitrogens with one attached hydrogen (secondary N) is 1. The van der Waals surface area contributed by atoms with Gasteiger partial charge in [0.05, 0.1) is 37.0 Å². The minimum absolute atomic E-state index is 0.0607. The first-order valence-electron chi connectivity index (χ1n) is 7.76. The Kier molecular flexibility index (Phi) is 6.45. The van der Waals surface area contributed by atoms with Gasteiger partial charge in [0.1, 0.15) is 17.7 Å². The highest BCUT2D eigenvalue weighted by molar-refractivity contribution is 5.95. The average Bonchev–Trinajstić information content (AvgIpc) is 2.66. The van der Waals surface area contributed by atoms with Crippen LogP contribution in [0, 0.1) is 10.1 Å². The summed E-state index contributed by atoms with van der Waals surface area (Å²) in [5.74, 6) is 0.572. The van der Waals surface area contributed by atoms with Gasteiger partial charge in [-0.1, -0.05) is 6.07 Å². The van der Waals surface area contributed by atoms with E-state index in [1.54, 1.807) is 32.2 Å². The Morgan fingerprint density at radius 3 is 2.65 bits per heavy atom. The normalized spacial score (nSPS) is 10.3. The van der Waals surface area contributed by atoms with Crippen molar-refractivity contribution in [2.24, 2.45) is 0 Å². The van der Waals surface area contributed by atoms with Crippen molar-refractivity contribution in [3.05, 3.63) is 57.4 Å². The molecule has 0 saturated carbocycles. The lowest BCUT2D eigenvalue weighted by Gasteiger charge is -2.12. The van der Waals surface area contributed by atoms with Crippen LogP contribution >= 0.6 is 0 Å². The van der Waals surface area contributed by atoms with E-state index < -0.39 is 10.8 Å². The third kappa shape index (κ3) is 4.45. The molecule has 0 unspecified atom stereocenters. The van der Waals surface area contributed by atoms with Crippen LogP contribution in [0.2, 0.25) is 0 Å². The molecule has 9 heteroatoms. The van der Waals surface area contributed by atoms with Crippen molar-refractivity contribution in [3.63, 3.8) is 0 Å². The Morgan fingerprint density at radius 2 is 2.04 bits per heavy atom. The first-order chi connectivity index (χ1) is 12.5. The zero-order valence-corrected chi connectivity index (χ0v) is 14.6. The number of ether oxygens (including phenoxy) is 2. The number of pyridine rings is 1. The van der Waals surface area contributed by atoms with Crippen molar-refractivity contribution >= 4 is 11.6 Å². The molecule has 0 fully saturated rings. The lowest BCUT2D eigenvalue weighted by atomic mass is 10.0. The number of carbonyl (C=O) groups excluding carboxylic acids is 1. The molecule has 1 N–H and O–H groups in total. The zero-order valence-electron chi connectivity index (χ0n) is 14.6. The summed E-state index contributed by atoms with van der Waals surface area (Å²) in [4.78, 5) is 31.7. The van der Waals surface area contributed by atoms with E-state index in [2.05, 4.69) is 10.5 Å². The maximum atomic E-state index is 12.3. The van der Waals surface area contributed by atoms with Crippen molar-refractivity contribution in [1.82, 2.24) is 10.5 Å². The standard InChI is InChI=1S/C17H19N3O6/c1-4-26-19-17(21)14-8-12(20(22)23)10-18-15(14)7-11-5-6-13(24-2)9-16(11)25-3/h5-6,8-10H,4,7H2,1-3H3,(H,19,21). The quantitative estimate of drug-likeness (QED) is 0.567. The van der Waals surface area contributed by atoms with Crippen LogP contribution in [-0.2, 0) is 11.3 Å². The van der Waals surface area contributed by atoms with Crippen LogP contribution in [-0.4, -0.2) is 36.6 Å². The molecule has 138 valence electrons. The van der Waals surface area contributed by atoms with Crippen molar-refractivity contribution in [2.45, 2.75) is 13.3 Å². The second-order valence-electron chi connectivity index (χ2n) is 5.16. The molecule has 0 aliphatic carbocycles. The molecule has 1 aromatic heterocycles. The molecule has 1 aromatic carbocycles. The Morgan fingerprint density at radius 1 is 1.27 bits per heavy atom. The number of benzene rings is 1. The molecule has 0 radical (unpaired) electrons. The smallest absolute Gasteiger partial charge is 0.288 e. The molecule has 0 bridgehead atoms. The Labute approximate surface area is 150 Å². The molecule has 2 aromatic rings. The van der Waals surface area contributed by atoms with Gasteiger partial charge in [-0.2, -0.15) is 0 Å². The average molecular weight is 361 g/mol. The summed E-state index contributed by atoms with van der Waals surface area (Å²) in [5, 5.41) is 11.0. The topological polar surface area (TPSA) is 113 Å². The van der Waals surface area contributed by atoms with Crippen LogP contribution in [0.5, 0.6) is 11.5 Å². The number of hydrogen-bond acceptors (Lipinski definition) is 7. The zero-order chi connectivity index (χ0) is 19.1. The SMILES string of the molecule is CCONC(=O)c1cc([N+](=O)[O-])cnc1Cc1ccc(OC)cc1OC. The van der Waals surface area contributed by atoms with Gasteiger partial charge in [-0.3, -0.25) is 24.7 Å². The number of rotatable bonds is 8. The Hall–Kier alpha value is -3.20. The van der Waals surface area contributed by atoms with E-state index in [1.165, 1.54) is 13.2 Å². The second-order valence-corrected chi connectivity index (χ2v) is 5.16. The molecular formula is C17H19N3O6. The van der Waals surface area contributed by atoms with Crippen LogP contribution in [0.25, 0.3) is 0 Å². The van der Waals surface area contributed by atoms with Gasteiger partial charge in [0.15, 0.2) is 0 Å². The summed E-state index contributed by atoms with van der Waals surface area (Å²) in [6, 6.07) is 6.42. The summed E-state index contributed by atoms with van der Waals surface area (Å²) in [5.41, 5.74) is 3.12. The fraction of sp³-hybridized carbons (Fsp3) is 0.294. The van der Waals surface area contributed by atoms with E-state index in [1.807, 2.05) is 0 Å². The molecule has 0 spiro atoms. The third-order valence-electron chi connectivity index (χ3n) is 3.57. The molecule has 0 aliphatic heterocycles. The highest BCUT2D eigenvalue weighted by atomic mass is 16.6. The van der Waals surface area contributed by atoms with Gasteiger partial charge < -0.3 is 9.47 Å². The van der Waals surface area contributed by atoms with E-state index in [0.717, 1.165) is 11.8 Å². The molecule has 9 nitrogen and oxygen atoms in total. The van der Waals surface area contributed by atoms with E-state index in [9.17, 15) is 14.9 Å². The number of amides is 1. The van der Waals surface area contributed by atoms with Crippen LogP contribution in [0.15, 0.2) is 30.5 Å². The summed E-state index contributed by atoms with van der Waals surface area (Å²) in [7, 11) is 3.06. The number of hydrogen-bond donors (Lipinski definition) is 1. The van der Waals surface area contributed by atoms with E-state index in [0.29, 0.717) is 17.2 Å². The number of nitro groups is 1. The largest absolute Gasteiger partial charge is 0.497 e. The van der Waals surface area contributed by atoms with E-state index in [-0.39, 0.29) is 24.3 Å². The lowest BCUT2D eigenvalue weighted by molar-refractivity contribution is -0.385. The number of methoxy groups -OCH3 is 2. The van der Waals surface area contributed by atoms with Gasteiger partial charge in [0.2, 0.25) is 0 Å². The molecular weight excluding hydrogens is 342 g/mol. The van der Waals surface area contributed by atoms with Crippen molar-refractivity contribution in [3.8, 4) is 11.5 Å².